The maximum absolute atomic E-state index is 11.4. The van der Waals surface area contributed by atoms with Gasteiger partial charge in [-0.2, -0.15) is 0 Å². The lowest BCUT2D eigenvalue weighted by atomic mass is 10.1. The van der Waals surface area contributed by atoms with Gasteiger partial charge in [0.2, 0.25) is 0 Å². The maximum Gasteiger partial charge on any atom is 0.251 e. The molecular formula is C14H17NO3. The van der Waals surface area contributed by atoms with Crippen LogP contribution in [0.2, 0.25) is 0 Å². The van der Waals surface area contributed by atoms with Gasteiger partial charge >= 0.3 is 0 Å². The Kier molecular flexibility index (Phi) is 5.11. The van der Waals surface area contributed by atoms with Gasteiger partial charge in [0.15, 0.2) is 6.29 Å². The van der Waals surface area contributed by atoms with Crippen molar-refractivity contribution in [1.29, 1.82) is 0 Å². The molecule has 0 saturated heterocycles. The quantitative estimate of drug-likeness (QED) is 0.641. The molecule has 0 radical (unpaired) electrons. The van der Waals surface area contributed by atoms with Crippen molar-refractivity contribution in [3.05, 3.63) is 41.0 Å². The van der Waals surface area contributed by atoms with Crippen LogP contribution in [0.1, 0.15) is 34.6 Å². The summed E-state index contributed by atoms with van der Waals surface area (Å²) in [5.74, 6) is 0.254. The Labute approximate surface area is 107 Å². The summed E-state index contributed by atoms with van der Waals surface area (Å²) in [7, 11) is 1.54. The number of amides is 1. The van der Waals surface area contributed by atoms with Gasteiger partial charge < -0.3 is 10.1 Å². The summed E-state index contributed by atoms with van der Waals surface area (Å²) in [6.45, 7) is 4.35. The van der Waals surface area contributed by atoms with E-state index in [2.05, 4.69) is 5.32 Å². The summed E-state index contributed by atoms with van der Waals surface area (Å²) < 4.78 is 5.47. The van der Waals surface area contributed by atoms with E-state index in [-0.39, 0.29) is 5.91 Å². The Balaban J connectivity index is 2.90. The summed E-state index contributed by atoms with van der Waals surface area (Å²) in [5, 5.41) is 2.50. The first-order valence-corrected chi connectivity index (χ1v) is 5.66. The van der Waals surface area contributed by atoms with E-state index in [1.165, 1.54) is 6.07 Å². The standard InChI is InChI=1S/C14H17NO3/c1-10(2)6-7-18-13-5-4-11(14(17)15-3)8-12(13)9-16/h4-6,8-9H,7H2,1-3H3,(H,15,17). The molecule has 0 spiro atoms. The molecule has 0 aliphatic carbocycles. The van der Waals surface area contributed by atoms with Gasteiger partial charge in [-0.1, -0.05) is 5.57 Å². The Morgan fingerprint density at radius 2 is 2.11 bits per heavy atom. The zero-order chi connectivity index (χ0) is 13.5. The summed E-state index contributed by atoms with van der Waals surface area (Å²) in [4.78, 5) is 22.4. The smallest absolute Gasteiger partial charge is 0.251 e. The van der Waals surface area contributed by atoms with Crippen LogP contribution in [0.3, 0.4) is 0 Å². The maximum atomic E-state index is 11.4. The molecule has 0 heterocycles. The van der Waals surface area contributed by atoms with Gasteiger partial charge in [0.1, 0.15) is 12.4 Å². The summed E-state index contributed by atoms with van der Waals surface area (Å²) in [6, 6.07) is 4.78. The van der Waals surface area contributed by atoms with E-state index in [1.54, 1.807) is 19.2 Å². The molecule has 1 aromatic carbocycles. The van der Waals surface area contributed by atoms with E-state index >= 15 is 0 Å². The van der Waals surface area contributed by atoms with Crippen molar-refractivity contribution in [1.82, 2.24) is 5.32 Å². The minimum atomic E-state index is -0.228. The first-order valence-electron chi connectivity index (χ1n) is 5.66. The Morgan fingerprint density at radius 3 is 2.67 bits per heavy atom. The van der Waals surface area contributed by atoms with Crippen molar-refractivity contribution in [2.24, 2.45) is 0 Å². The lowest BCUT2D eigenvalue weighted by molar-refractivity contribution is 0.0963. The first kappa shape index (κ1) is 14.0. The van der Waals surface area contributed by atoms with Gasteiger partial charge in [-0.05, 0) is 38.1 Å². The van der Waals surface area contributed by atoms with Crippen LogP contribution in [0, 0.1) is 0 Å². The van der Waals surface area contributed by atoms with Crippen LogP contribution in [-0.2, 0) is 0 Å². The number of carbonyl (C=O) groups excluding carboxylic acids is 2. The lowest BCUT2D eigenvalue weighted by Gasteiger charge is -2.08. The molecule has 0 bridgehead atoms. The molecule has 0 aromatic heterocycles. The highest BCUT2D eigenvalue weighted by atomic mass is 16.5. The first-order chi connectivity index (χ1) is 8.58. The van der Waals surface area contributed by atoms with E-state index in [4.69, 9.17) is 4.74 Å². The van der Waals surface area contributed by atoms with Gasteiger partial charge in [-0.3, -0.25) is 9.59 Å². The van der Waals surface area contributed by atoms with Gasteiger partial charge in [0.05, 0.1) is 5.56 Å². The average Bonchev–Trinajstić information content (AvgIpc) is 2.37. The molecule has 0 aliphatic heterocycles. The van der Waals surface area contributed by atoms with Crippen molar-refractivity contribution in [2.75, 3.05) is 13.7 Å². The molecule has 96 valence electrons. The predicted octanol–water partition coefficient (Wildman–Crippen LogP) is 2.20. The Hall–Kier alpha value is -2.10. The third-order valence-corrected chi connectivity index (χ3v) is 2.36. The van der Waals surface area contributed by atoms with Crippen LogP contribution >= 0.6 is 0 Å². The molecule has 0 atom stereocenters. The Morgan fingerprint density at radius 1 is 1.39 bits per heavy atom. The van der Waals surface area contributed by atoms with Crippen molar-refractivity contribution < 1.29 is 14.3 Å². The minimum Gasteiger partial charge on any atom is -0.489 e. The molecule has 0 unspecified atom stereocenters. The SMILES string of the molecule is CNC(=O)c1ccc(OCC=C(C)C)c(C=O)c1. The van der Waals surface area contributed by atoms with Gasteiger partial charge in [-0.15, -0.1) is 0 Å². The molecule has 0 saturated carbocycles. The van der Waals surface area contributed by atoms with Crippen molar-refractivity contribution in [3.8, 4) is 5.75 Å². The highest BCUT2D eigenvalue weighted by molar-refractivity contribution is 5.96. The highest BCUT2D eigenvalue weighted by Crippen LogP contribution is 2.18. The molecule has 4 nitrogen and oxygen atoms in total. The van der Waals surface area contributed by atoms with Crippen LogP contribution in [0.5, 0.6) is 5.75 Å². The minimum absolute atomic E-state index is 0.228. The molecule has 1 N–H and O–H groups in total. The van der Waals surface area contributed by atoms with Crippen LogP contribution < -0.4 is 10.1 Å². The second-order valence-corrected chi connectivity index (χ2v) is 4.04. The van der Waals surface area contributed by atoms with E-state index in [1.807, 2.05) is 19.9 Å². The number of carbonyl (C=O) groups is 2. The number of aldehydes is 1. The van der Waals surface area contributed by atoms with Crippen molar-refractivity contribution in [3.63, 3.8) is 0 Å². The monoisotopic (exact) mass is 247 g/mol. The van der Waals surface area contributed by atoms with Crippen LogP contribution in [0.15, 0.2) is 29.8 Å². The number of hydrogen-bond donors (Lipinski definition) is 1. The number of nitrogens with one attached hydrogen (secondary N) is 1. The van der Waals surface area contributed by atoms with E-state index in [0.717, 1.165) is 5.57 Å². The zero-order valence-electron chi connectivity index (χ0n) is 10.8. The molecule has 18 heavy (non-hydrogen) atoms. The fraction of sp³-hybridized carbons (Fsp3) is 0.286. The lowest BCUT2D eigenvalue weighted by Crippen LogP contribution is -2.18. The summed E-state index contributed by atoms with van der Waals surface area (Å²) >= 11 is 0. The van der Waals surface area contributed by atoms with E-state index < -0.39 is 0 Å². The van der Waals surface area contributed by atoms with E-state index in [9.17, 15) is 9.59 Å². The number of benzene rings is 1. The molecule has 1 amide bonds. The number of hydrogen-bond acceptors (Lipinski definition) is 3. The fourth-order valence-electron chi connectivity index (χ4n) is 1.36. The van der Waals surface area contributed by atoms with Crippen LogP contribution in [-0.4, -0.2) is 25.8 Å². The second-order valence-electron chi connectivity index (χ2n) is 4.04. The van der Waals surface area contributed by atoms with E-state index in [0.29, 0.717) is 29.8 Å². The van der Waals surface area contributed by atoms with Crippen molar-refractivity contribution >= 4 is 12.2 Å². The van der Waals surface area contributed by atoms with Gasteiger partial charge in [0.25, 0.3) is 5.91 Å². The average molecular weight is 247 g/mol. The molecule has 4 heteroatoms. The summed E-state index contributed by atoms with van der Waals surface area (Å²) in [5.41, 5.74) is 1.96. The molecule has 0 aliphatic rings. The topological polar surface area (TPSA) is 55.4 Å². The Bertz CT molecular complexity index is 474. The molecular weight excluding hydrogens is 230 g/mol. The number of ether oxygens (including phenoxy) is 1. The zero-order valence-corrected chi connectivity index (χ0v) is 10.8. The normalized spacial score (nSPS) is 9.50. The fourth-order valence-corrected chi connectivity index (χ4v) is 1.36. The predicted molar refractivity (Wildman–Crippen MR) is 70.1 cm³/mol. The molecule has 0 fully saturated rings. The van der Waals surface area contributed by atoms with Gasteiger partial charge in [0, 0.05) is 12.6 Å². The molecule has 1 aromatic rings. The van der Waals surface area contributed by atoms with Crippen LogP contribution in [0.4, 0.5) is 0 Å². The third kappa shape index (κ3) is 3.73. The van der Waals surface area contributed by atoms with Gasteiger partial charge in [-0.25, -0.2) is 0 Å². The molecule has 1 rings (SSSR count). The second kappa shape index (κ2) is 6.59. The van der Waals surface area contributed by atoms with Crippen molar-refractivity contribution in [2.45, 2.75) is 13.8 Å². The number of allylic oxidation sites excluding steroid dienone is 1. The van der Waals surface area contributed by atoms with Crippen LogP contribution in [0.25, 0.3) is 0 Å². The largest absolute Gasteiger partial charge is 0.489 e. The summed E-state index contributed by atoms with van der Waals surface area (Å²) in [6.07, 6.45) is 2.60. The number of rotatable bonds is 5. The highest BCUT2D eigenvalue weighted by Gasteiger charge is 2.08. The third-order valence-electron chi connectivity index (χ3n) is 2.36.